The number of fused-ring (bicyclic) bond motifs is 5. The lowest BCUT2D eigenvalue weighted by Gasteiger charge is -2.26. The Balaban J connectivity index is 1.27. The second-order valence-electron chi connectivity index (χ2n) is 16.3. The molecule has 0 saturated carbocycles. The topological polar surface area (TPSA) is 81.7 Å². The van der Waals surface area contributed by atoms with Crippen molar-refractivity contribution in [2.75, 3.05) is 14.2 Å². The van der Waals surface area contributed by atoms with E-state index in [0.29, 0.717) is 34.5 Å². The van der Waals surface area contributed by atoms with Gasteiger partial charge in [0.2, 0.25) is 0 Å². The highest BCUT2D eigenvalue weighted by Gasteiger charge is 2.31. The van der Waals surface area contributed by atoms with E-state index in [0.717, 1.165) is 99.1 Å². The molecule has 1 heterocycles. The number of ether oxygens (including phenoxy) is 2. The predicted octanol–water partition coefficient (Wildman–Crippen LogP) is 16.4. The number of hydrogen-bond donors (Lipinski definition) is 0. The summed E-state index contributed by atoms with van der Waals surface area (Å²) in [4.78, 5) is 0. The van der Waals surface area contributed by atoms with Crippen LogP contribution in [0.15, 0.2) is 130 Å². The number of benzene rings is 8. The maximum atomic E-state index is 7.21. The van der Waals surface area contributed by atoms with Crippen molar-refractivity contribution in [2.24, 2.45) is 0 Å². The van der Waals surface area contributed by atoms with Gasteiger partial charge in [-0.2, -0.15) is 0 Å². The molecule has 0 radical (unpaired) electrons. The molecule has 10 heteroatoms. The molecular formula is C54H50O8P2. The van der Waals surface area contributed by atoms with E-state index in [4.69, 9.17) is 36.0 Å². The molecule has 8 nitrogen and oxygen atoms in total. The van der Waals surface area contributed by atoms with Crippen LogP contribution in [0.5, 0.6) is 34.5 Å². The molecule has 9 rings (SSSR count). The summed E-state index contributed by atoms with van der Waals surface area (Å²) in [5, 5.41) is 5.88. The summed E-state index contributed by atoms with van der Waals surface area (Å²) in [7, 11) is -0.887. The number of hydrogen-bond acceptors (Lipinski definition) is 8. The van der Waals surface area contributed by atoms with E-state index in [9.17, 15) is 0 Å². The Hall–Kier alpha value is -6.59. The van der Waals surface area contributed by atoms with Crippen molar-refractivity contribution < 1.29 is 36.0 Å². The summed E-state index contributed by atoms with van der Waals surface area (Å²) in [6.07, 6.45) is 0. The molecular weight excluding hydrogens is 839 g/mol. The van der Waals surface area contributed by atoms with Gasteiger partial charge in [0.25, 0.3) is 0 Å². The highest BCUT2D eigenvalue weighted by Crippen LogP contribution is 2.55. The third-order valence-electron chi connectivity index (χ3n) is 11.7. The summed E-state index contributed by atoms with van der Waals surface area (Å²) in [5.74, 6) is 3.71. The van der Waals surface area contributed by atoms with Crippen LogP contribution in [0, 0.1) is 55.4 Å². The lowest BCUT2D eigenvalue weighted by Crippen LogP contribution is -2.07. The van der Waals surface area contributed by atoms with Crippen LogP contribution in [0.3, 0.4) is 0 Å². The average Bonchev–Trinajstić information content (AvgIpc) is 3.43. The highest BCUT2D eigenvalue weighted by atomic mass is 31.2. The molecule has 324 valence electrons. The van der Waals surface area contributed by atoms with E-state index in [1.807, 2.05) is 100 Å². The number of methoxy groups -OCH3 is 2. The van der Waals surface area contributed by atoms with Crippen molar-refractivity contribution in [3.05, 3.63) is 166 Å². The molecule has 0 saturated heterocycles. The van der Waals surface area contributed by atoms with Gasteiger partial charge >= 0.3 is 16.8 Å². The van der Waals surface area contributed by atoms with Gasteiger partial charge in [0.05, 0.1) is 14.2 Å². The molecule has 0 atom stereocenters. The summed E-state index contributed by atoms with van der Waals surface area (Å²) in [6.45, 7) is 16.4. The summed E-state index contributed by atoms with van der Waals surface area (Å²) >= 11 is 0. The summed E-state index contributed by atoms with van der Waals surface area (Å²) < 4.78 is 54.0. The van der Waals surface area contributed by atoms with Gasteiger partial charge in [-0.25, -0.2) is 0 Å². The molecule has 0 N–H and O–H groups in total. The molecule has 0 unspecified atom stereocenters. The standard InChI is InChI=1S/C54H50O8P2/c1-31-25-33(3)51-43(27-31)44-28-32(2)26-34(4)52(44)60-64(59-51)62-54-36(6)30-48(56-10)38(8)50(54)49-37(7)47(55-9)29-35(5)53(49)61-63(57-45-23-15-19-39-17-11-13-21-41(39)45)58-46-24-16-20-40-18-12-14-22-42(40)46/h11-30H,1-10H3. The van der Waals surface area contributed by atoms with E-state index in [1.54, 1.807) is 14.2 Å². The zero-order valence-electron chi connectivity index (χ0n) is 37.7. The molecule has 0 bridgehead atoms. The van der Waals surface area contributed by atoms with E-state index in [1.165, 1.54) is 0 Å². The van der Waals surface area contributed by atoms with Crippen LogP contribution in [0.4, 0.5) is 0 Å². The molecule has 1 aromatic heterocycles. The zero-order chi connectivity index (χ0) is 44.8. The Bertz CT molecular complexity index is 3160. The van der Waals surface area contributed by atoms with E-state index in [-0.39, 0.29) is 0 Å². The Morgan fingerprint density at radius 1 is 0.422 bits per heavy atom. The van der Waals surface area contributed by atoms with Crippen LogP contribution in [0.2, 0.25) is 0 Å². The second kappa shape index (κ2) is 17.5. The smallest absolute Gasteiger partial charge is 0.496 e. The Morgan fingerprint density at radius 2 is 0.859 bits per heavy atom. The third kappa shape index (κ3) is 7.98. The fourth-order valence-corrected chi connectivity index (χ4v) is 11.1. The first-order valence-electron chi connectivity index (χ1n) is 21.2. The average molecular weight is 889 g/mol. The van der Waals surface area contributed by atoms with E-state index < -0.39 is 16.8 Å². The molecule has 0 aliphatic rings. The van der Waals surface area contributed by atoms with Gasteiger partial charge in [-0.3, -0.25) is 0 Å². The third-order valence-corrected chi connectivity index (χ3v) is 13.7. The second-order valence-corrected chi connectivity index (χ2v) is 18.3. The van der Waals surface area contributed by atoms with Crippen molar-refractivity contribution >= 4 is 60.3 Å². The van der Waals surface area contributed by atoms with Crippen LogP contribution in [-0.4, -0.2) is 14.2 Å². The van der Waals surface area contributed by atoms with Crippen molar-refractivity contribution in [3.8, 4) is 45.6 Å². The predicted molar refractivity (Wildman–Crippen MR) is 262 cm³/mol. The van der Waals surface area contributed by atoms with Crippen molar-refractivity contribution in [3.63, 3.8) is 0 Å². The quantitative estimate of drug-likeness (QED) is 0.119. The fourth-order valence-electron chi connectivity index (χ4n) is 8.66. The summed E-state index contributed by atoms with van der Waals surface area (Å²) in [6, 6.07) is 40.7. The maximum Gasteiger partial charge on any atom is 0.530 e. The molecule has 0 aliphatic carbocycles. The van der Waals surface area contributed by atoms with Crippen molar-refractivity contribution in [2.45, 2.75) is 55.4 Å². The highest BCUT2D eigenvalue weighted by molar-refractivity contribution is 7.43. The molecule has 0 amide bonds. The van der Waals surface area contributed by atoms with Gasteiger partial charge in [0.1, 0.15) is 45.7 Å². The minimum atomic E-state index is -2.17. The van der Waals surface area contributed by atoms with E-state index >= 15 is 0 Å². The van der Waals surface area contributed by atoms with Crippen LogP contribution in [0.1, 0.15) is 44.5 Å². The molecule has 9 aromatic rings. The maximum absolute atomic E-state index is 7.21. The molecule has 0 fully saturated rings. The Labute approximate surface area is 375 Å². The van der Waals surface area contributed by atoms with Gasteiger partial charge in [-0.05, 0) is 136 Å². The SMILES string of the molecule is COc1cc(C)c(OP(Oc2cccc3ccccc23)Oc2cccc3ccccc23)c(-c2c(C)c(OC)cc(C)c2Op2oc3c(C)cc(C)cc3c3cc(C)cc(C)c3o2)c1C. The largest absolute Gasteiger partial charge is 0.530 e. The Kier molecular flexibility index (Phi) is 11.7. The number of rotatable bonds is 11. The first-order chi connectivity index (χ1) is 30.9. The zero-order valence-corrected chi connectivity index (χ0v) is 39.5. The van der Waals surface area contributed by atoms with Crippen molar-refractivity contribution in [1.29, 1.82) is 0 Å². The Morgan fingerprint density at radius 3 is 1.34 bits per heavy atom. The minimum Gasteiger partial charge on any atom is -0.496 e. The van der Waals surface area contributed by atoms with Crippen LogP contribution in [0.25, 0.3) is 54.6 Å². The lowest BCUT2D eigenvalue weighted by molar-refractivity contribution is 0.388. The fraction of sp³-hybridized carbons (Fsp3) is 0.185. The van der Waals surface area contributed by atoms with Gasteiger partial charge < -0.3 is 36.0 Å². The first-order valence-corrected chi connectivity index (χ1v) is 23.3. The van der Waals surface area contributed by atoms with Crippen molar-refractivity contribution in [1.82, 2.24) is 0 Å². The van der Waals surface area contributed by atoms with Gasteiger partial charge in [-0.15, -0.1) is 0 Å². The monoisotopic (exact) mass is 888 g/mol. The molecule has 0 aliphatic heterocycles. The van der Waals surface area contributed by atoms with Crippen LogP contribution >= 0.6 is 16.8 Å². The number of aryl methyl sites for hydroxylation is 6. The van der Waals surface area contributed by atoms with E-state index in [2.05, 4.69) is 76.2 Å². The van der Waals surface area contributed by atoms with Gasteiger partial charge in [0.15, 0.2) is 0 Å². The van der Waals surface area contributed by atoms with Crippen LogP contribution < -0.4 is 27.6 Å². The lowest BCUT2D eigenvalue weighted by atomic mass is 9.90. The van der Waals surface area contributed by atoms with Crippen LogP contribution in [-0.2, 0) is 0 Å². The molecule has 0 spiro atoms. The minimum absolute atomic E-state index is 0.536. The molecule has 8 aromatic carbocycles. The summed E-state index contributed by atoms with van der Waals surface area (Å²) in [5.41, 5.74) is 10.4. The first kappa shape index (κ1) is 42.7. The molecule has 64 heavy (non-hydrogen) atoms. The van der Waals surface area contributed by atoms with Gasteiger partial charge in [0, 0.05) is 43.8 Å². The normalized spacial score (nSPS) is 11.4. The van der Waals surface area contributed by atoms with Gasteiger partial charge in [-0.1, -0.05) is 84.9 Å².